The highest BCUT2D eigenvalue weighted by Gasteiger charge is 2.23. The smallest absolute Gasteiger partial charge is 0.251 e. The van der Waals surface area contributed by atoms with Gasteiger partial charge in [-0.3, -0.25) is 9.59 Å². The summed E-state index contributed by atoms with van der Waals surface area (Å²) < 4.78 is 0. The predicted octanol–water partition coefficient (Wildman–Crippen LogP) is 2.79. The molecule has 2 heterocycles. The summed E-state index contributed by atoms with van der Waals surface area (Å²) in [5.74, 6) is 0.711. The van der Waals surface area contributed by atoms with Gasteiger partial charge in [-0.05, 0) is 37.5 Å². The average Bonchev–Trinajstić information content (AvgIpc) is 2.74. The Morgan fingerprint density at radius 1 is 1.21 bits per heavy atom. The monoisotopic (exact) mass is 381 g/mol. The van der Waals surface area contributed by atoms with Gasteiger partial charge in [0, 0.05) is 48.6 Å². The van der Waals surface area contributed by atoms with E-state index in [-0.39, 0.29) is 17.9 Å². The van der Waals surface area contributed by atoms with Crippen LogP contribution in [-0.2, 0) is 11.2 Å². The third-order valence-corrected chi connectivity index (χ3v) is 4.88. The highest BCUT2D eigenvalue weighted by Crippen LogP contribution is 2.19. The first-order valence-corrected chi connectivity index (χ1v) is 9.85. The summed E-state index contributed by atoms with van der Waals surface area (Å²) in [7, 11) is 0. The largest absolute Gasteiger partial charge is 0.354 e. The fourth-order valence-electron chi connectivity index (χ4n) is 3.31. The Balaban J connectivity index is 1.63. The van der Waals surface area contributed by atoms with Crippen molar-refractivity contribution in [2.75, 3.05) is 23.3 Å². The number of amides is 2. The molecule has 28 heavy (non-hydrogen) atoms. The summed E-state index contributed by atoms with van der Waals surface area (Å²) >= 11 is 0. The maximum absolute atomic E-state index is 12.7. The first kappa shape index (κ1) is 19.8. The van der Waals surface area contributed by atoms with Gasteiger partial charge in [0.25, 0.3) is 5.91 Å². The number of hydrogen-bond acceptors (Lipinski definition) is 5. The molecule has 7 nitrogen and oxygen atoms in total. The molecule has 148 valence electrons. The van der Waals surface area contributed by atoms with Crippen LogP contribution in [0.2, 0.25) is 0 Å². The number of benzene rings is 1. The van der Waals surface area contributed by atoms with Crippen LogP contribution in [0.4, 0.5) is 11.5 Å². The topological polar surface area (TPSA) is 87.2 Å². The lowest BCUT2D eigenvalue weighted by molar-refractivity contribution is -0.115. The molecule has 2 aromatic rings. The Morgan fingerprint density at radius 2 is 2.07 bits per heavy atom. The van der Waals surface area contributed by atoms with E-state index in [2.05, 4.69) is 32.4 Å². The SMILES string of the molecule is CCC(=O)Nc1cccc(C(=O)NC2CCCN(c3cc(CC)ncn3)C2)c1. The lowest BCUT2D eigenvalue weighted by atomic mass is 10.0. The molecule has 0 radical (unpaired) electrons. The van der Waals surface area contributed by atoms with Gasteiger partial charge in [-0.1, -0.05) is 19.9 Å². The van der Waals surface area contributed by atoms with Crippen LogP contribution in [0, 0.1) is 0 Å². The Labute approximate surface area is 165 Å². The summed E-state index contributed by atoms with van der Waals surface area (Å²) in [4.78, 5) is 35.1. The number of anilines is 2. The van der Waals surface area contributed by atoms with Crippen molar-refractivity contribution in [3.8, 4) is 0 Å². The van der Waals surface area contributed by atoms with E-state index in [0.29, 0.717) is 17.7 Å². The number of aryl methyl sites for hydroxylation is 1. The van der Waals surface area contributed by atoms with Crippen LogP contribution in [0.25, 0.3) is 0 Å². The zero-order valence-corrected chi connectivity index (χ0v) is 16.4. The molecule has 2 amide bonds. The molecular formula is C21H27N5O2. The zero-order chi connectivity index (χ0) is 19.9. The fraction of sp³-hybridized carbons (Fsp3) is 0.429. The van der Waals surface area contributed by atoms with Gasteiger partial charge in [0.1, 0.15) is 12.1 Å². The third kappa shape index (κ3) is 5.06. The van der Waals surface area contributed by atoms with Crippen LogP contribution in [0.5, 0.6) is 0 Å². The molecule has 3 rings (SSSR count). The number of nitrogens with one attached hydrogen (secondary N) is 2. The van der Waals surface area contributed by atoms with E-state index >= 15 is 0 Å². The van der Waals surface area contributed by atoms with Crippen molar-refractivity contribution in [1.82, 2.24) is 15.3 Å². The lowest BCUT2D eigenvalue weighted by Gasteiger charge is -2.34. The van der Waals surface area contributed by atoms with Crippen molar-refractivity contribution in [3.05, 3.63) is 47.9 Å². The summed E-state index contributed by atoms with van der Waals surface area (Å²) in [6.07, 6.45) is 4.79. The molecule has 0 bridgehead atoms. The third-order valence-electron chi connectivity index (χ3n) is 4.88. The molecule has 1 aromatic carbocycles. The minimum Gasteiger partial charge on any atom is -0.354 e. The van der Waals surface area contributed by atoms with Crippen molar-refractivity contribution in [2.45, 2.75) is 45.6 Å². The van der Waals surface area contributed by atoms with Gasteiger partial charge in [0.15, 0.2) is 0 Å². The molecule has 1 aromatic heterocycles. The van der Waals surface area contributed by atoms with Gasteiger partial charge in [-0.2, -0.15) is 0 Å². The number of nitrogens with zero attached hydrogens (tertiary/aromatic N) is 3. The van der Waals surface area contributed by atoms with Gasteiger partial charge in [0.05, 0.1) is 0 Å². The highest BCUT2D eigenvalue weighted by molar-refractivity contribution is 5.97. The van der Waals surface area contributed by atoms with Crippen molar-refractivity contribution in [1.29, 1.82) is 0 Å². The number of hydrogen-bond donors (Lipinski definition) is 2. The van der Waals surface area contributed by atoms with Crippen molar-refractivity contribution in [2.24, 2.45) is 0 Å². The number of aromatic nitrogens is 2. The number of piperidine rings is 1. The fourth-order valence-corrected chi connectivity index (χ4v) is 3.31. The first-order valence-electron chi connectivity index (χ1n) is 9.85. The molecule has 1 aliphatic rings. The highest BCUT2D eigenvalue weighted by atomic mass is 16.2. The molecule has 2 N–H and O–H groups in total. The van der Waals surface area contributed by atoms with Crippen LogP contribution in [-0.4, -0.2) is 40.9 Å². The van der Waals surface area contributed by atoms with Gasteiger partial charge in [-0.25, -0.2) is 9.97 Å². The zero-order valence-electron chi connectivity index (χ0n) is 16.4. The van der Waals surface area contributed by atoms with E-state index in [0.717, 1.165) is 43.9 Å². The van der Waals surface area contributed by atoms with E-state index < -0.39 is 0 Å². The Kier molecular flexibility index (Phi) is 6.57. The van der Waals surface area contributed by atoms with Crippen LogP contribution in [0.3, 0.4) is 0 Å². The van der Waals surface area contributed by atoms with E-state index in [4.69, 9.17) is 0 Å². The average molecular weight is 381 g/mol. The van der Waals surface area contributed by atoms with E-state index in [1.165, 1.54) is 0 Å². The minimum absolute atomic E-state index is 0.0511. The van der Waals surface area contributed by atoms with E-state index in [9.17, 15) is 9.59 Å². The number of carbonyl (C=O) groups excluding carboxylic acids is 2. The Morgan fingerprint density at radius 3 is 2.86 bits per heavy atom. The quantitative estimate of drug-likeness (QED) is 0.803. The minimum atomic E-state index is -0.128. The second-order valence-electron chi connectivity index (χ2n) is 6.96. The number of rotatable bonds is 6. The van der Waals surface area contributed by atoms with E-state index in [1.807, 2.05) is 6.07 Å². The Hall–Kier alpha value is -2.96. The molecule has 1 aliphatic heterocycles. The van der Waals surface area contributed by atoms with Gasteiger partial charge in [0.2, 0.25) is 5.91 Å². The summed E-state index contributed by atoms with van der Waals surface area (Å²) in [6.45, 7) is 5.51. The summed E-state index contributed by atoms with van der Waals surface area (Å²) in [5, 5.41) is 5.91. The maximum atomic E-state index is 12.7. The molecule has 1 unspecified atom stereocenters. The molecule has 0 saturated carbocycles. The summed E-state index contributed by atoms with van der Waals surface area (Å²) in [6, 6.07) is 9.10. The molecule has 0 aliphatic carbocycles. The Bertz CT molecular complexity index is 839. The van der Waals surface area contributed by atoms with Crippen LogP contribution >= 0.6 is 0 Å². The standard InChI is InChI=1S/C21H27N5O2/c1-3-16-12-19(23-14-22-16)26-10-6-9-18(13-26)25-21(28)15-7-5-8-17(11-15)24-20(27)4-2/h5,7-8,11-12,14,18H,3-4,6,9-10,13H2,1-2H3,(H,24,27)(H,25,28). The maximum Gasteiger partial charge on any atom is 0.251 e. The molecule has 1 fully saturated rings. The van der Waals surface area contributed by atoms with Crippen molar-refractivity contribution >= 4 is 23.3 Å². The van der Waals surface area contributed by atoms with Crippen molar-refractivity contribution < 1.29 is 9.59 Å². The van der Waals surface area contributed by atoms with Crippen LogP contribution in [0.1, 0.15) is 49.2 Å². The second kappa shape index (κ2) is 9.30. The van der Waals surface area contributed by atoms with E-state index in [1.54, 1.807) is 37.5 Å². The molecule has 7 heteroatoms. The predicted molar refractivity (Wildman–Crippen MR) is 109 cm³/mol. The lowest BCUT2D eigenvalue weighted by Crippen LogP contribution is -2.48. The molecular weight excluding hydrogens is 354 g/mol. The summed E-state index contributed by atoms with van der Waals surface area (Å²) in [5.41, 5.74) is 2.20. The van der Waals surface area contributed by atoms with Gasteiger partial charge in [-0.15, -0.1) is 0 Å². The first-order chi connectivity index (χ1) is 13.6. The van der Waals surface area contributed by atoms with Crippen LogP contribution in [0.15, 0.2) is 36.7 Å². The second-order valence-corrected chi connectivity index (χ2v) is 6.96. The number of carbonyl (C=O) groups is 2. The molecule has 0 spiro atoms. The molecule has 1 atom stereocenters. The van der Waals surface area contributed by atoms with Crippen LogP contribution < -0.4 is 15.5 Å². The molecule has 1 saturated heterocycles. The van der Waals surface area contributed by atoms with Crippen molar-refractivity contribution in [3.63, 3.8) is 0 Å². The normalized spacial score (nSPS) is 16.5. The van der Waals surface area contributed by atoms with Gasteiger partial charge >= 0.3 is 0 Å². The van der Waals surface area contributed by atoms with Gasteiger partial charge < -0.3 is 15.5 Å².